The van der Waals surface area contributed by atoms with Crippen LogP contribution in [0.5, 0.6) is 0 Å². The molecule has 2 nitrogen and oxygen atoms in total. The van der Waals surface area contributed by atoms with E-state index < -0.39 is 0 Å². The normalized spacial score (nSPS) is 10.7. The molecule has 0 saturated carbocycles. The highest BCUT2D eigenvalue weighted by Gasteiger charge is 2.04. The van der Waals surface area contributed by atoms with Crippen molar-refractivity contribution in [2.75, 3.05) is 5.73 Å². The largest absolute Gasteiger partial charge is 0.399 e. The number of fused-ring (bicyclic) bond motifs is 1. The molecule has 3 aromatic rings. The molecular formula is C15H11BrN2. The third-order valence-corrected chi connectivity index (χ3v) is 3.58. The summed E-state index contributed by atoms with van der Waals surface area (Å²) in [5.41, 5.74) is 9.74. The molecule has 1 heterocycles. The van der Waals surface area contributed by atoms with Crippen LogP contribution in [0.2, 0.25) is 0 Å². The lowest BCUT2D eigenvalue weighted by Gasteiger charge is -2.06. The molecule has 18 heavy (non-hydrogen) atoms. The minimum Gasteiger partial charge on any atom is -0.399 e. The van der Waals surface area contributed by atoms with Crippen molar-refractivity contribution >= 4 is 32.5 Å². The summed E-state index contributed by atoms with van der Waals surface area (Å²) >= 11 is 3.56. The summed E-state index contributed by atoms with van der Waals surface area (Å²) in [4.78, 5) is 4.46. The predicted molar refractivity (Wildman–Crippen MR) is 79.3 cm³/mol. The van der Waals surface area contributed by atoms with E-state index in [1.165, 1.54) is 0 Å². The van der Waals surface area contributed by atoms with E-state index in [0.29, 0.717) is 0 Å². The molecule has 3 rings (SSSR count). The van der Waals surface area contributed by atoms with Crippen LogP contribution in [0.3, 0.4) is 0 Å². The molecule has 0 spiro atoms. The Kier molecular flexibility index (Phi) is 2.76. The summed E-state index contributed by atoms with van der Waals surface area (Å²) < 4.78 is 1.06. The summed E-state index contributed by atoms with van der Waals surface area (Å²) in [6.07, 6.45) is 1.89. The van der Waals surface area contributed by atoms with Crippen molar-refractivity contribution in [1.82, 2.24) is 4.98 Å². The maximum Gasteiger partial charge on any atom is 0.0703 e. The number of anilines is 1. The molecule has 0 atom stereocenters. The molecule has 1 aromatic heterocycles. The fraction of sp³-hybridized carbons (Fsp3) is 0. The molecule has 2 aromatic carbocycles. The molecule has 88 valence electrons. The molecule has 0 fully saturated rings. The number of aromatic nitrogens is 1. The van der Waals surface area contributed by atoms with Gasteiger partial charge in [0.1, 0.15) is 0 Å². The fourth-order valence-electron chi connectivity index (χ4n) is 1.99. The highest BCUT2D eigenvalue weighted by Crippen LogP contribution is 2.29. The lowest BCUT2D eigenvalue weighted by molar-refractivity contribution is 1.40. The summed E-state index contributed by atoms with van der Waals surface area (Å²) in [5, 5.41) is 1.06. The zero-order valence-electron chi connectivity index (χ0n) is 9.60. The average molecular weight is 299 g/mol. The van der Waals surface area contributed by atoms with Crippen molar-refractivity contribution in [3.63, 3.8) is 0 Å². The van der Waals surface area contributed by atoms with Gasteiger partial charge in [0, 0.05) is 27.3 Å². The maximum atomic E-state index is 5.81. The van der Waals surface area contributed by atoms with E-state index in [4.69, 9.17) is 5.73 Å². The van der Waals surface area contributed by atoms with Crippen molar-refractivity contribution in [3.8, 4) is 11.1 Å². The van der Waals surface area contributed by atoms with Crippen LogP contribution < -0.4 is 5.73 Å². The van der Waals surface area contributed by atoms with E-state index in [1.54, 1.807) is 0 Å². The van der Waals surface area contributed by atoms with Gasteiger partial charge in [-0.15, -0.1) is 0 Å². The Hall–Kier alpha value is -1.87. The smallest absolute Gasteiger partial charge is 0.0703 e. The first-order chi connectivity index (χ1) is 8.74. The predicted octanol–water partition coefficient (Wildman–Crippen LogP) is 4.25. The van der Waals surface area contributed by atoms with Gasteiger partial charge < -0.3 is 5.73 Å². The summed E-state index contributed by atoms with van der Waals surface area (Å²) in [7, 11) is 0. The van der Waals surface area contributed by atoms with Gasteiger partial charge in [-0.2, -0.15) is 0 Å². The Labute approximate surface area is 114 Å². The Morgan fingerprint density at radius 2 is 1.83 bits per heavy atom. The molecule has 0 radical (unpaired) electrons. The van der Waals surface area contributed by atoms with Crippen LogP contribution in [0.4, 0.5) is 5.69 Å². The number of pyridine rings is 1. The summed E-state index contributed by atoms with van der Waals surface area (Å²) in [6.45, 7) is 0. The minimum atomic E-state index is 0.758. The van der Waals surface area contributed by atoms with Crippen LogP contribution in [-0.2, 0) is 0 Å². The van der Waals surface area contributed by atoms with Crippen LogP contribution in [-0.4, -0.2) is 4.98 Å². The first-order valence-corrected chi connectivity index (χ1v) is 6.43. The van der Waals surface area contributed by atoms with Crippen molar-refractivity contribution in [2.24, 2.45) is 0 Å². The molecule has 0 aliphatic heterocycles. The first-order valence-electron chi connectivity index (χ1n) is 5.64. The van der Waals surface area contributed by atoms with Gasteiger partial charge in [-0.3, -0.25) is 4.98 Å². The Morgan fingerprint density at radius 3 is 2.67 bits per heavy atom. The Balaban J connectivity index is 2.22. The molecule has 0 saturated heterocycles. The van der Waals surface area contributed by atoms with Crippen molar-refractivity contribution in [3.05, 3.63) is 59.2 Å². The SMILES string of the molecule is Nc1ccc2ncc(-c3ccccc3Br)cc2c1. The Bertz CT molecular complexity index is 723. The highest BCUT2D eigenvalue weighted by molar-refractivity contribution is 9.10. The number of nitrogens with zero attached hydrogens (tertiary/aromatic N) is 1. The molecular weight excluding hydrogens is 288 g/mol. The third kappa shape index (κ3) is 1.97. The van der Waals surface area contributed by atoms with Crippen LogP contribution in [0.1, 0.15) is 0 Å². The van der Waals surface area contributed by atoms with E-state index in [1.807, 2.05) is 42.6 Å². The van der Waals surface area contributed by atoms with Crippen molar-refractivity contribution in [2.45, 2.75) is 0 Å². The van der Waals surface area contributed by atoms with Crippen molar-refractivity contribution < 1.29 is 0 Å². The van der Waals surface area contributed by atoms with Gasteiger partial charge in [0.15, 0.2) is 0 Å². The second-order valence-corrected chi connectivity index (χ2v) is 5.01. The van der Waals surface area contributed by atoms with Gasteiger partial charge >= 0.3 is 0 Å². The average Bonchev–Trinajstić information content (AvgIpc) is 2.38. The molecule has 3 heteroatoms. The van der Waals surface area contributed by atoms with E-state index >= 15 is 0 Å². The van der Waals surface area contributed by atoms with Gasteiger partial charge in [0.05, 0.1) is 5.52 Å². The molecule has 0 bridgehead atoms. The van der Waals surface area contributed by atoms with E-state index in [9.17, 15) is 0 Å². The zero-order valence-corrected chi connectivity index (χ0v) is 11.2. The number of benzene rings is 2. The number of rotatable bonds is 1. The van der Waals surface area contributed by atoms with Gasteiger partial charge in [0.25, 0.3) is 0 Å². The minimum absolute atomic E-state index is 0.758. The number of nitrogen functional groups attached to an aromatic ring is 1. The fourth-order valence-corrected chi connectivity index (χ4v) is 2.51. The molecule has 0 aliphatic rings. The van der Waals surface area contributed by atoms with Crippen LogP contribution in [0.25, 0.3) is 22.0 Å². The molecule has 0 aliphatic carbocycles. The maximum absolute atomic E-state index is 5.81. The van der Waals surface area contributed by atoms with Gasteiger partial charge in [-0.25, -0.2) is 0 Å². The first kappa shape index (κ1) is 11.2. The number of nitrogens with two attached hydrogens (primary N) is 1. The third-order valence-electron chi connectivity index (χ3n) is 2.89. The second kappa shape index (κ2) is 4.42. The number of hydrogen-bond donors (Lipinski definition) is 1. The molecule has 0 amide bonds. The lowest BCUT2D eigenvalue weighted by Crippen LogP contribution is -1.87. The highest BCUT2D eigenvalue weighted by atomic mass is 79.9. The van der Waals surface area contributed by atoms with Gasteiger partial charge in [-0.1, -0.05) is 34.1 Å². The summed E-state index contributed by atoms with van der Waals surface area (Å²) in [6, 6.07) is 16.0. The second-order valence-electron chi connectivity index (χ2n) is 4.16. The van der Waals surface area contributed by atoms with Crippen LogP contribution in [0.15, 0.2) is 59.2 Å². The monoisotopic (exact) mass is 298 g/mol. The Morgan fingerprint density at radius 1 is 1.00 bits per heavy atom. The van der Waals surface area contributed by atoms with E-state index in [0.717, 1.165) is 32.2 Å². The van der Waals surface area contributed by atoms with Crippen molar-refractivity contribution in [1.29, 1.82) is 0 Å². The van der Waals surface area contributed by atoms with Gasteiger partial charge in [0.2, 0.25) is 0 Å². The summed E-state index contributed by atoms with van der Waals surface area (Å²) in [5.74, 6) is 0. The molecule has 0 unspecified atom stereocenters. The lowest BCUT2D eigenvalue weighted by atomic mass is 10.1. The van der Waals surface area contributed by atoms with E-state index in [-0.39, 0.29) is 0 Å². The van der Waals surface area contributed by atoms with Gasteiger partial charge in [-0.05, 0) is 35.9 Å². The standard InChI is InChI=1S/C15H11BrN2/c16-14-4-2-1-3-13(14)11-7-10-8-12(17)5-6-15(10)18-9-11/h1-9H,17H2. The quantitative estimate of drug-likeness (QED) is 0.682. The topological polar surface area (TPSA) is 38.9 Å². The van der Waals surface area contributed by atoms with Crippen LogP contribution in [0, 0.1) is 0 Å². The molecule has 2 N–H and O–H groups in total. The number of hydrogen-bond acceptors (Lipinski definition) is 2. The zero-order chi connectivity index (χ0) is 12.5. The van der Waals surface area contributed by atoms with E-state index in [2.05, 4.69) is 33.0 Å². The van der Waals surface area contributed by atoms with Crippen LogP contribution >= 0.6 is 15.9 Å². The number of halogens is 1.